The molecule has 0 bridgehead atoms. The molecule has 1 heterocycles. The first-order chi connectivity index (χ1) is 14.0. The molecule has 4 rings (SSSR count). The van der Waals surface area contributed by atoms with Crippen LogP contribution in [0.5, 0.6) is 0 Å². The third-order valence-electron chi connectivity index (χ3n) is 5.42. The van der Waals surface area contributed by atoms with Crippen LogP contribution in [-0.4, -0.2) is 25.4 Å². The number of fused-ring (bicyclic) bond motifs is 1. The Morgan fingerprint density at radius 1 is 1.00 bits per heavy atom. The van der Waals surface area contributed by atoms with Crippen LogP contribution >= 0.6 is 0 Å². The predicted octanol–water partition coefficient (Wildman–Crippen LogP) is 3.91. The van der Waals surface area contributed by atoms with Crippen molar-refractivity contribution in [3.05, 3.63) is 60.3 Å². The number of anilines is 1. The highest BCUT2D eigenvalue weighted by atomic mass is 32.2. The summed E-state index contributed by atoms with van der Waals surface area (Å²) in [4.78, 5) is 16.7. The maximum atomic E-state index is 13.1. The zero-order chi connectivity index (χ0) is 20.4. The molecule has 0 aliphatic heterocycles. The minimum Gasteiger partial charge on any atom is -0.381 e. The van der Waals surface area contributed by atoms with Crippen LogP contribution in [0, 0.1) is 0 Å². The number of primary amides is 1. The Morgan fingerprint density at radius 3 is 2.41 bits per heavy atom. The zero-order valence-corrected chi connectivity index (χ0v) is 16.8. The fraction of sp³-hybridized carbons (Fsp3) is 0.273. The second kappa shape index (κ2) is 7.83. The number of rotatable bonds is 5. The lowest BCUT2D eigenvalue weighted by Gasteiger charge is -2.25. The van der Waals surface area contributed by atoms with Crippen molar-refractivity contribution in [1.82, 2.24) is 4.98 Å². The van der Waals surface area contributed by atoms with E-state index in [9.17, 15) is 13.2 Å². The van der Waals surface area contributed by atoms with Crippen molar-refractivity contribution >= 4 is 32.3 Å². The summed E-state index contributed by atoms with van der Waals surface area (Å²) >= 11 is 0. The number of hydrogen-bond donors (Lipinski definition) is 2. The van der Waals surface area contributed by atoms with Gasteiger partial charge >= 0.3 is 0 Å². The largest absolute Gasteiger partial charge is 0.381 e. The molecule has 7 heteroatoms. The van der Waals surface area contributed by atoms with Gasteiger partial charge in [0, 0.05) is 17.6 Å². The highest BCUT2D eigenvalue weighted by Gasteiger charge is 2.22. The number of nitrogens with one attached hydrogen (secondary N) is 1. The van der Waals surface area contributed by atoms with E-state index in [1.807, 2.05) is 0 Å². The second-order valence-electron chi connectivity index (χ2n) is 7.39. The van der Waals surface area contributed by atoms with Crippen LogP contribution in [0.2, 0.25) is 0 Å². The molecular formula is C22H23N3O3S. The van der Waals surface area contributed by atoms with E-state index in [1.54, 1.807) is 48.5 Å². The van der Waals surface area contributed by atoms with Crippen LogP contribution in [0.3, 0.4) is 0 Å². The maximum Gasteiger partial charge on any atom is 0.252 e. The van der Waals surface area contributed by atoms with Gasteiger partial charge in [0.15, 0.2) is 0 Å². The Hall–Kier alpha value is -2.93. The summed E-state index contributed by atoms with van der Waals surface area (Å²) in [5.74, 6) is -0.589. The predicted molar refractivity (Wildman–Crippen MR) is 113 cm³/mol. The van der Waals surface area contributed by atoms with Crippen molar-refractivity contribution in [2.45, 2.75) is 47.9 Å². The second-order valence-corrected chi connectivity index (χ2v) is 9.34. The molecule has 29 heavy (non-hydrogen) atoms. The fourth-order valence-electron chi connectivity index (χ4n) is 3.87. The molecule has 0 atom stereocenters. The average molecular weight is 410 g/mol. The molecule has 3 N–H and O–H groups in total. The summed E-state index contributed by atoms with van der Waals surface area (Å²) in [7, 11) is -3.69. The quantitative estimate of drug-likeness (QED) is 0.665. The number of carbonyl (C=O) groups excluding carboxylic acids is 1. The molecule has 3 aromatic rings. The van der Waals surface area contributed by atoms with Crippen molar-refractivity contribution in [2.75, 3.05) is 5.32 Å². The van der Waals surface area contributed by atoms with Gasteiger partial charge in [0.25, 0.3) is 5.91 Å². The number of hydrogen-bond acceptors (Lipinski definition) is 5. The van der Waals surface area contributed by atoms with Crippen molar-refractivity contribution in [3.8, 4) is 0 Å². The van der Waals surface area contributed by atoms with Crippen molar-refractivity contribution < 1.29 is 13.2 Å². The van der Waals surface area contributed by atoms with Gasteiger partial charge in [-0.25, -0.2) is 8.42 Å². The summed E-state index contributed by atoms with van der Waals surface area (Å²) in [5.41, 5.74) is 7.04. The Balaban J connectivity index is 1.86. The van der Waals surface area contributed by atoms with E-state index in [1.165, 1.54) is 12.6 Å². The van der Waals surface area contributed by atoms with Crippen molar-refractivity contribution in [1.29, 1.82) is 0 Å². The van der Waals surface area contributed by atoms with Gasteiger partial charge in [-0.3, -0.25) is 9.78 Å². The van der Waals surface area contributed by atoms with E-state index in [0.29, 0.717) is 16.6 Å². The third-order valence-corrected chi connectivity index (χ3v) is 7.19. The molecule has 0 saturated heterocycles. The van der Waals surface area contributed by atoms with Gasteiger partial charge in [0.2, 0.25) is 9.84 Å². The molecule has 1 fully saturated rings. The summed E-state index contributed by atoms with van der Waals surface area (Å²) in [6.45, 7) is 0. The molecule has 1 amide bonds. The number of nitrogens with zero attached hydrogens (tertiary/aromatic N) is 1. The molecule has 1 aliphatic rings. The van der Waals surface area contributed by atoms with Gasteiger partial charge in [0.1, 0.15) is 0 Å². The molecule has 0 unspecified atom stereocenters. The van der Waals surface area contributed by atoms with E-state index < -0.39 is 15.7 Å². The minimum atomic E-state index is -3.69. The zero-order valence-electron chi connectivity index (χ0n) is 16.0. The Bertz CT molecular complexity index is 1150. The third kappa shape index (κ3) is 3.82. The summed E-state index contributed by atoms with van der Waals surface area (Å²) < 4.78 is 26.1. The first kappa shape index (κ1) is 19.4. The first-order valence-electron chi connectivity index (χ1n) is 9.76. The number of amides is 1. The fourth-order valence-corrected chi connectivity index (χ4v) is 5.18. The Labute approximate surface area is 170 Å². The molecule has 6 nitrogen and oxygen atoms in total. The molecule has 1 aromatic heterocycles. The van der Waals surface area contributed by atoms with Crippen LogP contribution < -0.4 is 11.1 Å². The van der Waals surface area contributed by atoms with Crippen LogP contribution in [-0.2, 0) is 9.84 Å². The van der Waals surface area contributed by atoms with E-state index >= 15 is 0 Å². The standard InChI is InChI=1S/C22H23N3O3S/c23-22(26)19-14-24-20-12-11-17(29(27,28)16-9-5-2-6-10-16)13-18(20)21(19)25-15-7-3-1-4-8-15/h2,5-6,9-15H,1,3-4,7-8H2,(H2,23,26)(H,24,25). The topological polar surface area (TPSA) is 102 Å². The number of carbonyl (C=O) groups is 1. The average Bonchev–Trinajstić information content (AvgIpc) is 2.74. The van der Waals surface area contributed by atoms with E-state index in [4.69, 9.17) is 5.73 Å². The number of nitrogens with two attached hydrogens (primary N) is 1. The van der Waals surface area contributed by atoms with Gasteiger partial charge in [-0.1, -0.05) is 37.5 Å². The summed E-state index contributed by atoms with van der Waals surface area (Å²) in [5, 5.41) is 4.04. The number of sulfone groups is 1. The summed E-state index contributed by atoms with van der Waals surface area (Å²) in [6, 6.07) is 13.3. The van der Waals surface area contributed by atoms with Gasteiger partial charge < -0.3 is 11.1 Å². The van der Waals surface area contributed by atoms with Crippen molar-refractivity contribution in [2.24, 2.45) is 5.73 Å². The lowest BCUT2D eigenvalue weighted by atomic mass is 9.94. The van der Waals surface area contributed by atoms with E-state index in [-0.39, 0.29) is 21.4 Å². The monoisotopic (exact) mass is 409 g/mol. The highest BCUT2D eigenvalue weighted by molar-refractivity contribution is 7.91. The molecule has 2 aromatic carbocycles. The number of pyridine rings is 1. The lowest BCUT2D eigenvalue weighted by Crippen LogP contribution is -2.25. The highest BCUT2D eigenvalue weighted by Crippen LogP contribution is 2.32. The van der Waals surface area contributed by atoms with Crippen LogP contribution in [0.15, 0.2) is 64.5 Å². The minimum absolute atomic E-state index is 0.159. The molecular weight excluding hydrogens is 386 g/mol. The van der Waals surface area contributed by atoms with Crippen LogP contribution in [0.1, 0.15) is 42.5 Å². The molecule has 0 radical (unpaired) electrons. The molecule has 150 valence electrons. The van der Waals surface area contributed by atoms with E-state index in [2.05, 4.69) is 10.3 Å². The van der Waals surface area contributed by atoms with Crippen molar-refractivity contribution in [3.63, 3.8) is 0 Å². The van der Waals surface area contributed by atoms with Gasteiger partial charge in [-0.05, 0) is 43.2 Å². The van der Waals surface area contributed by atoms with Crippen LogP contribution in [0.4, 0.5) is 5.69 Å². The molecule has 1 aliphatic carbocycles. The SMILES string of the molecule is NC(=O)c1cnc2ccc(S(=O)(=O)c3ccccc3)cc2c1NC1CCCCC1. The van der Waals surface area contributed by atoms with Gasteiger partial charge in [-0.2, -0.15) is 0 Å². The van der Waals surface area contributed by atoms with Gasteiger partial charge in [0.05, 0.1) is 26.6 Å². The van der Waals surface area contributed by atoms with Gasteiger partial charge in [-0.15, -0.1) is 0 Å². The number of aromatic nitrogens is 1. The molecule has 0 spiro atoms. The molecule has 1 saturated carbocycles. The Kier molecular flexibility index (Phi) is 5.24. The first-order valence-corrected chi connectivity index (χ1v) is 11.2. The maximum absolute atomic E-state index is 13.1. The normalized spacial score (nSPS) is 15.3. The van der Waals surface area contributed by atoms with E-state index in [0.717, 1.165) is 25.7 Å². The Morgan fingerprint density at radius 2 is 1.72 bits per heavy atom. The smallest absolute Gasteiger partial charge is 0.252 e. The summed E-state index contributed by atoms with van der Waals surface area (Å²) in [6.07, 6.45) is 6.92. The van der Waals surface area contributed by atoms with Crippen LogP contribution in [0.25, 0.3) is 10.9 Å². The lowest BCUT2D eigenvalue weighted by molar-refractivity contribution is 0.100. The number of benzene rings is 2.